The summed E-state index contributed by atoms with van der Waals surface area (Å²) in [6.45, 7) is 7.22. The molecule has 6 nitrogen and oxygen atoms in total. The minimum atomic E-state index is -0.268. The Hall–Kier alpha value is -2.67. The van der Waals surface area contributed by atoms with Crippen molar-refractivity contribution in [2.75, 3.05) is 0 Å². The zero-order valence-corrected chi connectivity index (χ0v) is 16.5. The standard InChI is InChI=1S/C20H23N5OS/c1-4-25-18(17-9-11-21-12-10-17)23-24-20(25)27-15(3)19(26)22-13-16-7-5-14(2)6-8-16/h5-12,15H,4,13H2,1-3H3,(H,22,26)/t15-/m1/s1. The second-order valence-corrected chi connectivity index (χ2v) is 7.56. The normalized spacial score (nSPS) is 12.0. The van der Waals surface area contributed by atoms with Gasteiger partial charge in [-0.25, -0.2) is 0 Å². The van der Waals surface area contributed by atoms with Crippen molar-refractivity contribution in [3.05, 3.63) is 59.9 Å². The van der Waals surface area contributed by atoms with Crippen LogP contribution >= 0.6 is 11.8 Å². The van der Waals surface area contributed by atoms with Gasteiger partial charge in [0.15, 0.2) is 11.0 Å². The predicted octanol–water partition coefficient (Wildman–Crippen LogP) is 3.47. The summed E-state index contributed by atoms with van der Waals surface area (Å²) >= 11 is 1.42. The van der Waals surface area contributed by atoms with E-state index in [0.29, 0.717) is 6.54 Å². The molecule has 140 valence electrons. The third kappa shape index (κ3) is 4.74. The lowest BCUT2D eigenvalue weighted by atomic mass is 10.1. The maximum absolute atomic E-state index is 12.5. The quantitative estimate of drug-likeness (QED) is 0.635. The number of carbonyl (C=O) groups is 1. The van der Waals surface area contributed by atoms with E-state index in [0.717, 1.165) is 28.7 Å². The van der Waals surface area contributed by atoms with Gasteiger partial charge >= 0.3 is 0 Å². The van der Waals surface area contributed by atoms with Crippen molar-refractivity contribution < 1.29 is 4.79 Å². The van der Waals surface area contributed by atoms with E-state index in [-0.39, 0.29) is 11.2 Å². The first kappa shape index (κ1) is 19.1. The summed E-state index contributed by atoms with van der Waals surface area (Å²) < 4.78 is 2.02. The molecular weight excluding hydrogens is 358 g/mol. The van der Waals surface area contributed by atoms with Gasteiger partial charge in [-0.15, -0.1) is 10.2 Å². The van der Waals surface area contributed by atoms with E-state index in [2.05, 4.69) is 20.5 Å². The summed E-state index contributed by atoms with van der Waals surface area (Å²) in [5.41, 5.74) is 3.25. The van der Waals surface area contributed by atoms with E-state index in [1.807, 2.05) is 61.7 Å². The number of pyridine rings is 1. The Bertz CT molecular complexity index is 892. The lowest BCUT2D eigenvalue weighted by Gasteiger charge is -2.13. The highest BCUT2D eigenvalue weighted by Crippen LogP contribution is 2.26. The SMILES string of the molecule is CCn1c(S[C@H](C)C(=O)NCc2ccc(C)cc2)nnc1-c1ccncc1. The van der Waals surface area contributed by atoms with Crippen molar-refractivity contribution in [1.29, 1.82) is 0 Å². The summed E-state index contributed by atoms with van der Waals surface area (Å²) in [7, 11) is 0. The second kappa shape index (κ2) is 8.81. The second-order valence-electron chi connectivity index (χ2n) is 6.25. The monoisotopic (exact) mass is 381 g/mol. The average molecular weight is 382 g/mol. The van der Waals surface area contributed by atoms with Crippen LogP contribution in [-0.2, 0) is 17.9 Å². The van der Waals surface area contributed by atoms with E-state index in [4.69, 9.17) is 0 Å². The van der Waals surface area contributed by atoms with Crippen molar-refractivity contribution in [3.63, 3.8) is 0 Å². The van der Waals surface area contributed by atoms with Gasteiger partial charge in [-0.05, 0) is 38.5 Å². The van der Waals surface area contributed by atoms with Gasteiger partial charge in [0.25, 0.3) is 0 Å². The zero-order chi connectivity index (χ0) is 19.2. The highest BCUT2D eigenvalue weighted by molar-refractivity contribution is 8.00. The average Bonchev–Trinajstić information content (AvgIpc) is 3.10. The Kier molecular flexibility index (Phi) is 6.24. The number of aryl methyl sites for hydroxylation is 1. The summed E-state index contributed by atoms with van der Waals surface area (Å²) in [6, 6.07) is 12.0. The van der Waals surface area contributed by atoms with Gasteiger partial charge in [0, 0.05) is 31.0 Å². The summed E-state index contributed by atoms with van der Waals surface area (Å²) in [5, 5.41) is 12.1. The Morgan fingerprint density at radius 1 is 1.15 bits per heavy atom. The Morgan fingerprint density at radius 3 is 2.52 bits per heavy atom. The molecule has 3 rings (SSSR count). The largest absolute Gasteiger partial charge is 0.351 e. The van der Waals surface area contributed by atoms with Gasteiger partial charge in [-0.2, -0.15) is 0 Å². The molecule has 0 unspecified atom stereocenters. The number of nitrogens with zero attached hydrogens (tertiary/aromatic N) is 4. The van der Waals surface area contributed by atoms with Crippen LogP contribution in [0.3, 0.4) is 0 Å². The van der Waals surface area contributed by atoms with Gasteiger partial charge in [0.05, 0.1) is 5.25 Å². The minimum Gasteiger partial charge on any atom is -0.351 e. The fourth-order valence-electron chi connectivity index (χ4n) is 2.63. The van der Waals surface area contributed by atoms with Gasteiger partial charge < -0.3 is 9.88 Å². The predicted molar refractivity (Wildman–Crippen MR) is 107 cm³/mol. The van der Waals surface area contributed by atoms with Crippen molar-refractivity contribution in [2.24, 2.45) is 0 Å². The maximum Gasteiger partial charge on any atom is 0.233 e. The lowest BCUT2D eigenvalue weighted by Crippen LogP contribution is -2.30. The zero-order valence-electron chi connectivity index (χ0n) is 15.7. The number of aromatic nitrogens is 4. The molecule has 0 spiro atoms. The van der Waals surface area contributed by atoms with Crippen molar-refractivity contribution >= 4 is 17.7 Å². The summed E-state index contributed by atoms with van der Waals surface area (Å²) in [5.74, 6) is 0.770. The van der Waals surface area contributed by atoms with Crippen LogP contribution in [-0.4, -0.2) is 30.9 Å². The smallest absolute Gasteiger partial charge is 0.233 e. The maximum atomic E-state index is 12.5. The van der Waals surface area contributed by atoms with Crippen molar-refractivity contribution in [2.45, 2.75) is 44.3 Å². The van der Waals surface area contributed by atoms with E-state index >= 15 is 0 Å². The first-order valence-electron chi connectivity index (χ1n) is 8.92. The molecule has 0 aliphatic rings. The Balaban J connectivity index is 1.65. The van der Waals surface area contributed by atoms with Crippen LogP contribution in [0.5, 0.6) is 0 Å². The van der Waals surface area contributed by atoms with Gasteiger partial charge in [-0.1, -0.05) is 41.6 Å². The molecule has 0 saturated heterocycles. The number of benzene rings is 1. The van der Waals surface area contributed by atoms with Crippen molar-refractivity contribution in [3.8, 4) is 11.4 Å². The molecular formula is C20H23N5OS. The molecule has 1 aromatic carbocycles. The first-order valence-corrected chi connectivity index (χ1v) is 9.80. The highest BCUT2D eigenvalue weighted by Gasteiger charge is 2.20. The number of hydrogen-bond acceptors (Lipinski definition) is 5. The van der Waals surface area contributed by atoms with Crippen LogP contribution in [0.15, 0.2) is 53.9 Å². The molecule has 27 heavy (non-hydrogen) atoms. The Labute approximate surface area is 163 Å². The molecule has 0 fully saturated rings. The molecule has 1 N–H and O–H groups in total. The third-order valence-corrected chi connectivity index (χ3v) is 5.29. The molecule has 0 aliphatic heterocycles. The molecule has 0 radical (unpaired) electrons. The van der Waals surface area contributed by atoms with Crippen LogP contribution in [0.1, 0.15) is 25.0 Å². The molecule has 1 atom stereocenters. The van der Waals surface area contributed by atoms with Gasteiger partial charge in [0.2, 0.25) is 5.91 Å². The molecule has 0 bridgehead atoms. The number of thioether (sulfide) groups is 1. The molecule has 0 aliphatic carbocycles. The number of carbonyl (C=O) groups excluding carboxylic acids is 1. The van der Waals surface area contributed by atoms with E-state index in [1.165, 1.54) is 17.3 Å². The van der Waals surface area contributed by atoms with Crippen LogP contribution in [0.2, 0.25) is 0 Å². The molecule has 0 saturated carbocycles. The number of hydrogen-bond donors (Lipinski definition) is 1. The molecule has 3 aromatic rings. The molecule has 1 amide bonds. The van der Waals surface area contributed by atoms with Crippen molar-refractivity contribution in [1.82, 2.24) is 25.1 Å². The highest BCUT2D eigenvalue weighted by atomic mass is 32.2. The van der Waals surface area contributed by atoms with Crippen LogP contribution in [0.4, 0.5) is 0 Å². The minimum absolute atomic E-state index is 0.0170. The van der Waals surface area contributed by atoms with E-state index in [9.17, 15) is 4.79 Å². The lowest BCUT2D eigenvalue weighted by molar-refractivity contribution is -0.120. The van der Waals surface area contributed by atoms with Crippen LogP contribution < -0.4 is 5.32 Å². The van der Waals surface area contributed by atoms with Crippen LogP contribution in [0, 0.1) is 6.92 Å². The summed E-state index contributed by atoms with van der Waals surface area (Å²) in [4.78, 5) is 16.5. The van der Waals surface area contributed by atoms with Gasteiger partial charge in [0.1, 0.15) is 0 Å². The van der Waals surface area contributed by atoms with Crippen LogP contribution in [0.25, 0.3) is 11.4 Å². The van der Waals surface area contributed by atoms with E-state index < -0.39 is 0 Å². The van der Waals surface area contributed by atoms with Gasteiger partial charge in [-0.3, -0.25) is 9.78 Å². The molecule has 2 heterocycles. The fourth-order valence-corrected chi connectivity index (χ4v) is 3.56. The topological polar surface area (TPSA) is 72.7 Å². The fraction of sp³-hybridized carbons (Fsp3) is 0.300. The summed E-state index contributed by atoms with van der Waals surface area (Å²) in [6.07, 6.45) is 3.47. The number of nitrogens with one attached hydrogen (secondary N) is 1. The molecule has 7 heteroatoms. The number of rotatable bonds is 7. The Morgan fingerprint density at radius 2 is 1.85 bits per heavy atom. The first-order chi connectivity index (χ1) is 13.1. The van der Waals surface area contributed by atoms with E-state index in [1.54, 1.807) is 12.4 Å². The molecule has 2 aromatic heterocycles. The third-order valence-electron chi connectivity index (χ3n) is 4.21. The number of amides is 1.